The fourth-order valence-corrected chi connectivity index (χ4v) is 3.89. The minimum absolute atomic E-state index is 0.188. The van der Waals surface area contributed by atoms with Gasteiger partial charge in [-0.1, -0.05) is 13.8 Å². The summed E-state index contributed by atoms with van der Waals surface area (Å²) in [6, 6.07) is 1.79. The van der Waals surface area contributed by atoms with E-state index in [0.29, 0.717) is 43.4 Å². The zero-order valence-corrected chi connectivity index (χ0v) is 17.8. The van der Waals surface area contributed by atoms with Crippen molar-refractivity contribution in [2.24, 2.45) is 0 Å². The zero-order chi connectivity index (χ0) is 20.7. The lowest BCUT2D eigenvalue weighted by Gasteiger charge is -2.33. The molecule has 2 heterocycles. The van der Waals surface area contributed by atoms with Crippen LogP contribution >= 0.6 is 11.3 Å². The summed E-state index contributed by atoms with van der Waals surface area (Å²) in [5, 5.41) is 3.38. The molecule has 9 heteroatoms. The molecule has 0 aliphatic carbocycles. The average Bonchev–Trinajstić information content (AvgIpc) is 3.07. The van der Waals surface area contributed by atoms with E-state index in [-0.39, 0.29) is 31.1 Å². The highest BCUT2D eigenvalue weighted by Crippen LogP contribution is 2.33. The number of anilines is 1. The van der Waals surface area contributed by atoms with Crippen LogP contribution in [-0.4, -0.2) is 73.7 Å². The second-order valence-corrected chi connectivity index (χ2v) is 7.86. The summed E-state index contributed by atoms with van der Waals surface area (Å²) in [5.74, 6) is -0.365. The molecule has 1 aliphatic heterocycles. The predicted octanol–water partition coefficient (Wildman–Crippen LogP) is 2.76. The fourth-order valence-electron chi connectivity index (χ4n) is 2.82. The number of thiophene rings is 1. The van der Waals surface area contributed by atoms with Crippen LogP contribution in [-0.2, 0) is 14.3 Å². The molecule has 28 heavy (non-hydrogen) atoms. The molecule has 1 aromatic rings. The van der Waals surface area contributed by atoms with Crippen LogP contribution in [0, 0.1) is 0 Å². The first kappa shape index (κ1) is 22.2. The van der Waals surface area contributed by atoms with Gasteiger partial charge in [0.15, 0.2) is 0 Å². The molecule has 1 saturated heterocycles. The highest BCUT2D eigenvalue weighted by molar-refractivity contribution is 7.16. The second-order valence-electron chi connectivity index (χ2n) is 6.78. The van der Waals surface area contributed by atoms with Gasteiger partial charge < -0.3 is 19.7 Å². The van der Waals surface area contributed by atoms with E-state index in [0.717, 1.165) is 4.88 Å². The summed E-state index contributed by atoms with van der Waals surface area (Å²) >= 11 is 1.40. The third-order valence-corrected chi connectivity index (χ3v) is 5.69. The first-order valence-electron chi connectivity index (χ1n) is 9.60. The van der Waals surface area contributed by atoms with Gasteiger partial charge in [0.05, 0.1) is 25.3 Å². The molecule has 0 unspecified atom stereocenters. The Hall–Kier alpha value is -2.13. The summed E-state index contributed by atoms with van der Waals surface area (Å²) < 4.78 is 10.1. The van der Waals surface area contributed by atoms with Gasteiger partial charge in [-0.2, -0.15) is 0 Å². The molecule has 2 rings (SSSR count). The number of nitrogens with one attached hydrogen (secondary N) is 1. The van der Waals surface area contributed by atoms with Crippen molar-refractivity contribution in [3.8, 4) is 0 Å². The van der Waals surface area contributed by atoms with Crippen LogP contribution in [0.15, 0.2) is 6.07 Å². The quantitative estimate of drug-likeness (QED) is 0.694. The summed E-state index contributed by atoms with van der Waals surface area (Å²) in [6.07, 6.45) is -0.314. The Kier molecular flexibility index (Phi) is 8.25. The second kappa shape index (κ2) is 10.4. The maximum atomic E-state index is 12.5. The van der Waals surface area contributed by atoms with E-state index < -0.39 is 5.97 Å². The van der Waals surface area contributed by atoms with Gasteiger partial charge in [0.1, 0.15) is 5.00 Å². The van der Waals surface area contributed by atoms with Crippen molar-refractivity contribution in [2.75, 3.05) is 51.3 Å². The number of ether oxygens (including phenoxy) is 2. The summed E-state index contributed by atoms with van der Waals surface area (Å²) in [4.78, 5) is 41.1. The monoisotopic (exact) mass is 411 g/mol. The molecule has 0 bridgehead atoms. The normalized spacial score (nSPS) is 14.8. The molecule has 0 aromatic carbocycles. The molecule has 2 amide bonds. The van der Waals surface area contributed by atoms with Crippen molar-refractivity contribution in [3.05, 3.63) is 16.5 Å². The molecule has 0 saturated carbocycles. The molecular weight excluding hydrogens is 382 g/mol. The van der Waals surface area contributed by atoms with Crippen molar-refractivity contribution >= 4 is 34.3 Å². The Labute approximate surface area is 169 Å². The van der Waals surface area contributed by atoms with Crippen LogP contribution in [0.3, 0.4) is 0 Å². The van der Waals surface area contributed by atoms with Gasteiger partial charge in [-0.15, -0.1) is 11.3 Å². The topological polar surface area (TPSA) is 88.2 Å². The van der Waals surface area contributed by atoms with Gasteiger partial charge in [-0.25, -0.2) is 9.59 Å². The highest BCUT2D eigenvalue weighted by atomic mass is 32.1. The Morgan fingerprint density at radius 1 is 1.11 bits per heavy atom. The van der Waals surface area contributed by atoms with Gasteiger partial charge in [0.2, 0.25) is 5.91 Å². The number of hydrogen-bond donors (Lipinski definition) is 1. The van der Waals surface area contributed by atoms with E-state index in [4.69, 9.17) is 9.47 Å². The number of carbonyl (C=O) groups excluding carboxylic acids is 3. The Balaban J connectivity index is 1.94. The van der Waals surface area contributed by atoms with Gasteiger partial charge in [-0.05, 0) is 25.8 Å². The van der Waals surface area contributed by atoms with Crippen LogP contribution in [0.25, 0.3) is 0 Å². The van der Waals surface area contributed by atoms with Crippen LogP contribution in [0.2, 0.25) is 0 Å². The molecular formula is C19H29N3O5S. The first-order chi connectivity index (χ1) is 13.3. The number of piperazine rings is 1. The Morgan fingerprint density at radius 2 is 1.75 bits per heavy atom. The minimum Gasteiger partial charge on any atom is -0.462 e. The summed E-state index contributed by atoms with van der Waals surface area (Å²) in [5.41, 5.74) is 0.399. The van der Waals surface area contributed by atoms with E-state index in [1.807, 2.05) is 18.7 Å². The van der Waals surface area contributed by atoms with Crippen LogP contribution in [0.1, 0.15) is 48.8 Å². The third kappa shape index (κ3) is 5.93. The molecule has 0 atom stereocenters. The lowest BCUT2D eigenvalue weighted by molar-refractivity contribution is -0.117. The Bertz CT molecular complexity index is 696. The highest BCUT2D eigenvalue weighted by Gasteiger charge is 2.25. The van der Waals surface area contributed by atoms with Crippen molar-refractivity contribution in [2.45, 2.75) is 33.6 Å². The van der Waals surface area contributed by atoms with Crippen LogP contribution < -0.4 is 5.32 Å². The van der Waals surface area contributed by atoms with E-state index >= 15 is 0 Å². The Morgan fingerprint density at radius 3 is 2.32 bits per heavy atom. The average molecular weight is 412 g/mol. The van der Waals surface area contributed by atoms with E-state index in [2.05, 4.69) is 5.32 Å². The van der Waals surface area contributed by atoms with Crippen molar-refractivity contribution in [3.63, 3.8) is 0 Å². The third-order valence-electron chi connectivity index (χ3n) is 4.33. The van der Waals surface area contributed by atoms with Crippen molar-refractivity contribution < 1.29 is 23.9 Å². The SMILES string of the molecule is CCOC(=O)c1cc(C(C)C)sc1NC(=O)CN1CCN(C(=O)OCC)CC1. The molecule has 0 spiro atoms. The fraction of sp³-hybridized carbons (Fsp3) is 0.632. The zero-order valence-electron chi connectivity index (χ0n) is 16.9. The van der Waals surface area contributed by atoms with E-state index in [9.17, 15) is 14.4 Å². The predicted molar refractivity (Wildman–Crippen MR) is 108 cm³/mol. The largest absolute Gasteiger partial charge is 0.462 e. The summed E-state index contributed by atoms with van der Waals surface area (Å²) in [7, 11) is 0. The molecule has 1 aliphatic rings. The lowest BCUT2D eigenvalue weighted by Crippen LogP contribution is -2.50. The van der Waals surface area contributed by atoms with Crippen molar-refractivity contribution in [1.29, 1.82) is 0 Å². The van der Waals surface area contributed by atoms with Gasteiger partial charge in [0, 0.05) is 31.1 Å². The summed E-state index contributed by atoms with van der Waals surface area (Å²) in [6.45, 7) is 10.7. The van der Waals surface area contributed by atoms with Crippen molar-refractivity contribution in [1.82, 2.24) is 9.80 Å². The standard InChI is InChI=1S/C19H29N3O5S/c1-5-26-18(24)14-11-15(13(3)4)28-17(14)20-16(23)12-21-7-9-22(10-8-21)19(25)27-6-2/h11,13H,5-10,12H2,1-4H3,(H,20,23). The molecule has 1 fully saturated rings. The number of esters is 1. The lowest BCUT2D eigenvalue weighted by atomic mass is 10.1. The first-order valence-corrected chi connectivity index (χ1v) is 10.4. The number of nitrogens with zero attached hydrogens (tertiary/aromatic N) is 2. The number of rotatable bonds is 7. The molecule has 156 valence electrons. The number of hydrogen-bond acceptors (Lipinski definition) is 7. The molecule has 1 N–H and O–H groups in total. The number of carbonyl (C=O) groups is 3. The molecule has 8 nitrogen and oxygen atoms in total. The minimum atomic E-state index is -0.427. The van der Waals surface area contributed by atoms with Gasteiger partial charge in [-0.3, -0.25) is 9.69 Å². The maximum Gasteiger partial charge on any atom is 0.409 e. The maximum absolute atomic E-state index is 12.5. The van der Waals surface area contributed by atoms with Crippen LogP contribution in [0.4, 0.5) is 9.80 Å². The van der Waals surface area contributed by atoms with E-state index in [1.54, 1.807) is 24.8 Å². The molecule has 0 radical (unpaired) electrons. The number of amides is 2. The van der Waals surface area contributed by atoms with E-state index in [1.165, 1.54) is 11.3 Å². The smallest absolute Gasteiger partial charge is 0.409 e. The van der Waals surface area contributed by atoms with Gasteiger partial charge >= 0.3 is 12.1 Å². The van der Waals surface area contributed by atoms with Gasteiger partial charge in [0.25, 0.3) is 0 Å². The van der Waals surface area contributed by atoms with Crippen LogP contribution in [0.5, 0.6) is 0 Å². The molecule has 1 aromatic heterocycles.